The van der Waals surface area contributed by atoms with Crippen LogP contribution >= 0.6 is 23.3 Å². The van der Waals surface area contributed by atoms with E-state index in [-0.39, 0.29) is 12.1 Å². The largest absolute Gasteiger partial charge is 0.408 e. The summed E-state index contributed by atoms with van der Waals surface area (Å²) < 4.78 is 67.8. The molecule has 1 aromatic heterocycles. The Morgan fingerprint density at radius 2 is 1.73 bits per heavy atom. The fraction of sp³-hybridized carbons (Fsp3) is 0.286. The van der Waals surface area contributed by atoms with E-state index in [1.807, 2.05) is 0 Å². The minimum atomic E-state index is -4.53. The van der Waals surface area contributed by atoms with Gasteiger partial charge in [-0.3, -0.25) is 0 Å². The van der Waals surface area contributed by atoms with Gasteiger partial charge in [0.1, 0.15) is 11.9 Å². The fourth-order valence-corrected chi connectivity index (χ4v) is 3.90. The van der Waals surface area contributed by atoms with Gasteiger partial charge in [0.05, 0.1) is 4.21 Å². The Kier molecular flexibility index (Phi) is 5.46. The van der Waals surface area contributed by atoms with Crippen molar-refractivity contribution in [1.82, 2.24) is 4.31 Å². The molecule has 0 aliphatic carbocycles. The Labute approximate surface area is 132 Å². The zero-order chi connectivity index (χ0) is 16.3. The van der Waals surface area contributed by atoms with Crippen molar-refractivity contribution in [3.05, 3.63) is 52.9 Å². The lowest BCUT2D eigenvalue weighted by atomic mass is 10.1. The first-order valence-corrected chi connectivity index (χ1v) is 7.92. The predicted molar refractivity (Wildman–Crippen MR) is 77.7 cm³/mol. The third-order valence-corrected chi connectivity index (χ3v) is 5.01. The Morgan fingerprint density at radius 1 is 1.09 bits per heavy atom. The number of benzene rings is 1. The Morgan fingerprint density at radius 3 is 2.18 bits per heavy atom. The summed E-state index contributed by atoms with van der Waals surface area (Å²) in [6.45, 7) is 1.67. The molecular formula is C14H12F5NS2. The normalized spacial score (nSPS) is 13.6. The highest BCUT2D eigenvalue weighted by Crippen LogP contribution is 2.43. The molecular weight excluding hydrogens is 341 g/mol. The number of nitrogens with zero attached hydrogens (tertiary/aromatic N) is 1. The second-order valence-corrected chi connectivity index (χ2v) is 6.76. The molecule has 0 amide bonds. The molecule has 2 aromatic rings. The molecule has 1 nitrogen and oxygen atoms in total. The molecule has 0 radical (unpaired) electrons. The molecule has 1 heterocycles. The maximum atomic E-state index is 13.4. The Hall–Kier alpha value is -1.12. The third kappa shape index (κ3) is 4.21. The van der Waals surface area contributed by atoms with Gasteiger partial charge in [0.25, 0.3) is 0 Å². The summed E-state index contributed by atoms with van der Waals surface area (Å²) in [7, 11) is 0. The SMILES string of the molecule is CCN(Sc1ccc(F)s1)C(c1ccc(F)cc1)C(F)(F)F. The lowest BCUT2D eigenvalue weighted by Gasteiger charge is -2.31. The summed E-state index contributed by atoms with van der Waals surface area (Å²) in [4.78, 5) is 0. The van der Waals surface area contributed by atoms with Gasteiger partial charge in [-0.05, 0) is 41.8 Å². The number of hydrogen-bond acceptors (Lipinski definition) is 3. The first-order chi connectivity index (χ1) is 10.3. The molecule has 1 aromatic carbocycles. The molecule has 0 bridgehead atoms. The van der Waals surface area contributed by atoms with Crippen LogP contribution in [0.3, 0.4) is 0 Å². The van der Waals surface area contributed by atoms with Crippen molar-refractivity contribution in [3.8, 4) is 0 Å². The van der Waals surface area contributed by atoms with Crippen molar-refractivity contribution < 1.29 is 22.0 Å². The second kappa shape index (κ2) is 6.97. The van der Waals surface area contributed by atoms with Gasteiger partial charge in [0, 0.05) is 6.54 Å². The van der Waals surface area contributed by atoms with Gasteiger partial charge in [0.15, 0.2) is 5.13 Å². The van der Waals surface area contributed by atoms with Crippen LogP contribution in [-0.2, 0) is 0 Å². The highest BCUT2D eigenvalue weighted by Gasteiger charge is 2.45. The van der Waals surface area contributed by atoms with E-state index in [0.29, 0.717) is 4.21 Å². The van der Waals surface area contributed by atoms with Crippen molar-refractivity contribution in [2.24, 2.45) is 0 Å². The zero-order valence-corrected chi connectivity index (χ0v) is 13.0. The molecule has 0 aliphatic heterocycles. The second-order valence-electron chi connectivity index (χ2n) is 4.38. The first kappa shape index (κ1) is 17.2. The minimum Gasteiger partial charge on any atom is -0.230 e. The predicted octanol–water partition coefficient (Wildman–Crippen LogP) is 5.66. The van der Waals surface area contributed by atoms with Crippen LogP contribution in [0.4, 0.5) is 22.0 Å². The molecule has 120 valence electrons. The van der Waals surface area contributed by atoms with E-state index in [4.69, 9.17) is 0 Å². The summed E-state index contributed by atoms with van der Waals surface area (Å²) in [5.74, 6) is -0.597. The molecule has 22 heavy (non-hydrogen) atoms. The van der Waals surface area contributed by atoms with Crippen molar-refractivity contribution in [1.29, 1.82) is 0 Å². The molecule has 0 saturated carbocycles. The average molecular weight is 353 g/mol. The van der Waals surface area contributed by atoms with E-state index in [1.165, 1.54) is 12.1 Å². The number of thiophene rings is 1. The number of hydrogen-bond donors (Lipinski definition) is 0. The quantitative estimate of drug-likeness (QED) is 0.504. The summed E-state index contributed by atoms with van der Waals surface area (Å²) in [6, 6.07) is 4.98. The maximum Gasteiger partial charge on any atom is 0.408 e. The average Bonchev–Trinajstić information content (AvgIpc) is 2.84. The molecule has 1 unspecified atom stereocenters. The molecule has 0 fully saturated rings. The van der Waals surface area contributed by atoms with Crippen LogP contribution in [0.2, 0.25) is 0 Å². The van der Waals surface area contributed by atoms with Gasteiger partial charge >= 0.3 is 6.18 Å². The smallest absolute Gasteiger partial charge is 0.230 e. The molecule has 1 atom stereocenters. The van der Waals surface area contributed by atoms with Crippen LogP contribution in [0, 0.1) is 10.9 Å². The minimum absolute atomic E-state index is 0.0553. The van der Waals surface area contributed by atoms with Crippen LogP contribution in [0.15, 0.2) is 40.6 Å². The summed E-state index contributed by atoms with van der Waals surface area (Å²) in [5, 5.41) is -0.455. The van der Waals surface area contributed by atoms with Crippen LogP contribution in [0.5, 0.6) is 0 Å². The van der Waals surface area contributed by atoms with E-state index in [9.17, 15) is 22.0 Å². The highest BCUT2D eigenvalue weighted by molar-refractivity contribution is 7.98. The fourth-order valence-electron chi connectivity index (χ4n) is 1.93. The standard InChI is InChI=1S/C14H12F5NS2/c1-2-20(22-12-8-7-11(16)21-12)13(14(17,18)19)9-3-5-10(15)6-4-9/h3-8,13H,2H2,1H3. The van der Waals surface area contributed by atoms with Gasteiger partial charge in [-0.1, -0.05) is 30.4 Å². The molecule has 2 rings (SSSR count). The first-order valence-electron chi connectivity index (χ1n) is 6.33. The molecule has 0 N–H and O–H groups in total. The molecule has 0 aliphatic rings. The van der Waals surface area contributed by atoms with Crippen LogP contribution in [0.25, 0.3) is 0 Å². The summed E-state index contributed by atoms with van der Waals surface area (Å²) in [5.41, 5.74) is -0.0553. The molecule has 0 saturated heterocycles. The van der Waals surface area contributed by atoms with Gasteiger partial charge in [0.2, 0.25) is 0 Å². The monoisotopic (exact) mass is 353 g/mol. The number of alkyl halides is 3. The highest BCUT2D eigenvalue weighted by atomic mass is 32.2. The van der Waals surface area contributed by atoms with Gasteiger partial charge in [-0.15, -0.1) is 0 Å². The third-order valence-electron chi connectivity index (χ3n) is 2.85. The van der Waals surface area contributed by atoms with Crippen molar-refractivity contribution in [2.45, 2.75) is 23.4 Å². The maximum absolute atomic E-state index is 13.4. The number of halogens is 5. The summed E-state index contributed by atoms with van der Waals surface area (Å²) >= 11 is 1.63. The van der Waals surface area contributed by atoms with E-state index < -0.39 is 23.2 Å². The molecule has 0 spiro atoms. The number of rotatable bonds is 5. The summed E-state index contributed by atoms with van der Waals surface area (Å²) in [6.07, 6.45) is -4.53. The lowest BCUT2D eigenvalue weighted by Crippen LogP contribution is -2.34. The van der Waals surface area contributed by atoms with Crippen LogP contribution in [-0.4, -0.2) is 17.0 Å². The van der Waals surface area contributed by atoms with E-state index in [0.717, 1.165) is 51.9 Å². The van der Waals surface area contributed by atoms with Crippen molar-refractivity contribution in [2.75, 3.05) is 6.54 Å². The van der Waals surface area contributed by atoms with Gasteiger partial charge < -0.3 is 0 Å². The van der Waals surface area contributed by atoms with Gasteiger partial charge in [-0.25, -0.2) is 8.70 Å². The topological polar surface area (TPSA) is 3.24 Å². The van der Waals surface area contributed by atoms with Crippen molar-refractivity contribution in [3.63, 3.8) is 0 Å². The Balaban J connectivity index is 2.31. The van der Waals surface area contributed by atoms with Gasteiger partial charge in [-0.2, -0.15) is 17.6 Å². The van der Waals surface area contributed by atoms with E-state index >= 15 is 0 Å². The zero-order valence-electron chi connectivity index (χ0n) is 11.4. The van der Waals surface area contributed by atoms with E-state index in [2.05, 4.69) is 0 Å². The van der Waals surface area contributed by atoms with Crippen LogP contribution in [0.1, 0.15) is 18.5 Å². The Bertz CT molecular complexity index is 608. The molecule has 8 heteroatoms. The van der Waals surface area contributed by atoms with Crippen molar-refractivity contribution >= 4 is 23.3 Å². The lowest BCUT2D eigenvalue weighted by molar-refractivity contribution is -0.172. The van der Waals surface area contributed by atoms with Crippen LogP contribution < -0.4 is 0 Å². The van der Waals surface area contributed by atoms with E-state index in [1.54, 1.807) is 6.92 Å².